The SMILES string of the molecule is Fc1ncnc2[nH+]c[nH]c12. The van der Waals surface area contributed by atoms with Gasteiger partial charge in [0.05, 0.1) is 0 Å². The summed E-state index contributed by atoms with van der Waals surface area (Å²) < 4.78 is 12.6. The second-order valence-electron chi connectivity index (χ2n) is 1.82. The van der Waals surface area contributed by atoms with Crippen LogP contribution < -0.4 is 4.98 Å². The number of imidazole rings is 1. The fourth-order valence-corrected chi connectivity index (χ4v) is 0.778. The Labute approximate surface area is 55.1 Å². The predicted octanol–water partition coefficient (Wildman–Crippen LogP) is -0.0889. The number of hydrogen-bond acceptors (Lipinski definition) is 2. The molecule has 2 rings (SSSR count). The smallest absolute Gasteiger partial charge is 0.270 e. The third kappa shape index (κ3) is 0.570. The number of aromatic amines is 2. The van der Waals surface area contributed by atoms with Crippen LogP contribution in [0.25, 0.3) is 11.2 Å². The highest BCUT2D eigenvalue weighted by Crippen LogP contribution is 2.02. The molecule has 0 spiro atoms. The number of H-pyrrole nitrogens is 2. The third-order valence-corrected chi connectivity index (χ3v) is 1.23. The summed E-state index contributed by atoms with van der Waals surface area (Å²) in [5.41, 5.74) is 0.787. The van der Waals surface area contributed by atoms with E-state index in [0.717, 1.165) is 0 Å². The Balaban J connectivity index is 2.95. The summed E-state index contributed by atoms with van der Waals surface area (Å²) in [5.74, 6) is -0.536. The molecule has 0 aliphatic heterocycles. The number of halogens is 1. The van der Waals surface area contributed by atoms with Gasteiger partial charge in [0, 0.05) is 0 Å². The molecule has 2 N–H and O–H groups in total. The van der Waals surface area contributed by atoms with Crippen molar-refractivity contribution in [3.8, 4) is 0 Å². The molecule has 2 aromatic rings. The lowest BCUT2D eigenvalue weighted by atomic mass is 10.5. The van der Waals surface area contributed by atoms with Crippen molar-refractivity contribution < 1.29 is 9.37 Å². The van der Waals surface area contributed by atoms with E-state index in [1.807, 2.05) is 0 Å². The standard InChI is InChI=1S/C5H3FN4/c6-4-3-5(9-1-7-3)10-2-8-4/h1-2H,(H,7,8,9,10)/p+1. The fourth-order valence-electron chi connectivity index (χ4n) is 0.778. The first kappa shape index (κ1) is 5.28. The molecule has 0 radical (unpaired) electrons. The van der Waals surface area contributed by atoms with E-state index in [9.17, 15) is 4.39 Å². The van der Waals surface area contributed by atoms with Crippen LogP contribution in [-0.4, -0.2) is 15.0 Å². The summed E-state index contributed by atoms with van der Waals surface area (Å²) in [4.78, 5) is 12.5. The number of nitrogens with one attached hydrogen (secondary N) is 2. The van der Waals surface area contributed by atoms with Crippen molar-refractivity contribution in [2.45, 2.75) is 0 Å². The minimum absolute atomic E-state index is 0.308. The van der Waals surface area contributed by atoms with E-state index in [1.165, 1.54) is 12.7 Å². The molecule has 0 unspecified atom stereocenters. The average Bonchev–Trinajstić information content (AvgIpc) is 2.36. The fraction of sp³-hybridized carbons (Fsp3) is 0. The molecule has 0 saturated heterocycles. The van der Waals surface area contributed by atoms with Gasteiger partial charge >= 0.3 is 5.65 Å². The van der Waals surface area contributed by atoms with Gasteiger partial charge in [-0.2, -0.15) is 9.37 Å². The molecule has 5 heteroatoms. The largest absolute Gasteiger partial charge is 0.305 e. The first-order valence-electron chi connectivity index (χ1n) is 2.73. The molecule has 0 aromatic carbocycles. The summed E-state index contributed by atoms with van der Waals surface area (Å²) in [6, 6.07) is 0. The van der Waals surface area contributed by atoms with E-state index in [4.69, 9.17) is 0 Å². The van der Waals surface area contributed by atoms with Crippen LogP contribution in [-0.2, 0) is 0 Å². The van der Waals surface area contributed by atoms with E-state index >= 15 is 0 Å². The zero-order chi connectivity index (χ0) is 6.97. The monoisotopic (exact) mass is 139 g/mol. The van der Waals surface area contributed by atoms with Crippen molar-refractivity contribution in [2.24, 2.45) is 0 Å². The van der Waals surface area contributed by atoms with Gasteiger partial charge in [-0.05, 0) is 0 Å². The molecule has 0 fully saturated rings. The van der Waals surface area contributed by atoms with Crippen molar-refractivity contribution in [1.29, 1.82) is 0 Å². The molecule has 2 heterocycles. The highest BCUT2D eigenvalue weighted by atomic mass is 19.1. The summed E-state index contributed by atoms with van der Waals surface area (Å²) in [6.45, 7) is 0. The second-order valence-corrected chi connectivity index (χ2v) is 1.82. The van der Waals surface area contributed by atoms with Crippen molar-refractivity contribution in [3.63, 3.8) is 0 Å². The highest BCUT2D eigenvalue weighted by molar-refractivity contribution is 5.64. The van der Waals surface area contributed by atoms with Crippen LogP contribution in [0, 0.1) is 5.95 Å². The van der Waals surface area contributed by atoms with Gasteiger partial charge in [0.1, 0.15) is 0 Å². The Morgan fingerprint density at radius 2 is 2.40 bits per heavy atom. The lowest BCUT2D eigenvalue weighted by molar-refractivity contribution is -0.347. The van der Waals surface area contributed by atoms with Crippen LogP contribution in [0.1, 0.15) is 0 Å². The zero-order valence-corrected chi connectivity index (χ0v) is 4.93. The molecule has 2 aromatic heterocycles. The molecular formula is C5H4FN4+. The number of fused-ring (bicyclic) bond motifs is 1. The first-order chi connectivity index (χ1) is 4.88. The van der Waals surface area contributed by atoms with E-state index in [-0.39, 0.29) is 0 Å². The molecule has 0 aliphatic carbocycles. The maximum absolute atomic E-state index is 12.6. The predicted molar refractivity (Wildman–Crippen MR) is 30.4 cm³/mol. The highest BCUT2D eigenvalue weighted by Gasteiger charge is 2.08. The van der Waals surface area contributed by atoms with Gasteiger partial charge in [-0.3, -0.25) is 4.98 Å². The van der Waals surface area contributed by atoms with Gasteiger partial charge in [-0.15, -0.1) is 0 Å². The number of aromatic nitrogens is 4. The maximum Gasteiger partial charge on any atom is 0.305 e. The normalized spacial score (nSPS) is 10.5. The lowest BCUT2D eigenvalue weighted by Gasteiger charge is -1.79. The van der Waals surface area contributed by atoms with E-state index < -0.39 is 5.95 Å². The van der Waals surface area contributed by atoms with Crippen molar-refractivity contribution in [2.75, 3.05) is 0 Å². The van der Waals surface area contributed by atoms with Gasteiger partial charge in [-0.1, -0.05) is 4.98 Å². The Kier molecular flexibility index (Phi) is 0.913. The van der Waals surface area contributed by atoms with Crippen LogP contribution in [0.2, 0.25) is 0 Å². The van der Waals surface area contributed by atoms with E-state index in [0.29, 0.717) is 11.2 Å². The molecule has 0 amide bonds. The minimum atomic E-state index is -0.536. The second kappa shape index (κ2) is 1.73. The molecule has 0 aliphatic rings. The summed E-state index contributed by atoms with van der Waals surface area (Å²) in [5, 5.41) is 0. The quantitative estimate of drug-likeness (QED) is 0.518. The number of rotatable bonds is 0. The molecule has 0 saturated carbocycles. The Bertz CT molecular complexity index is 355. The Morgan fingerprint density at radius 1 is 1.50 bits per heavy atom. The van der Waals surface area contributed by atoms with Gasteiger partial charge < -0.3 is 0 Å². The van der Waals surface area contributed by atoms with Crippen molar-refractivity contribution in [1.82, 2.24) is 15.0 Å². The maximum atomic E-state index is 12.6. The van der Waals surface area contributed by atoms with Gasteiger partial charge in [0.2, 0.25) is 5.52 Å². The Hall–Kier alpha value is -1.52. The molecule has 50 valence electrons. The van der Waals surface area contributed by atoms with E-state index in [2.05, 4.69) is 19.9 Å². The van der Waals surface area contributed by atoms with Gasteiger partial charge in [-0.25, -0.2) is 4.98 Å². The van der Waals surface area contributed by atoms with Crippen LogP contribution >= 0.6 is 0 Å². The number of nitrogens with zero attached hydrogens (tertiary/aromatic N) is 2. The summed E-state index contributed by atoms with van der Waals surface area (Å²) >= 11 is 0. The molecule has 10 heavy (non-hydrogen) atoms. The summed E-state index contributed by atoms with van der Waals surface area (Å²) in [6.07, 6.45) is 2.67. The van der Waals surface area contributed by atoms with Gasteiger partial charge in [0.15, 0.2) is 12.7 Å². The minimum Gasteiger partial charge on any atom is -0.270 e. The zero-order valence-electron chi connectivity index (χ0n) is 4.93. The number of hydrogen-bond donors (Lipinski definition) is 1. The van der Waals surface area contributed by atoms with Crippen LogP contribution in [0.4, 0.5) is 4.39 Å². The lowest BCUT2D eigenvalue weighted by Crippen LogP contribution is -1.98. The molecule has 0 bridgehead atoms. The van der Waals surface area contributed by atoms with Crippen LogP contribution in [0.5, 0.6) is 0 Å². The first-order valence-corrected chi connectivity index (χ1v) is 2.73. The topological polar surface area (TPSA) is 55.7 Å². The van der Waals surface area contributed by atoms with E-state index in [1.54, 1.807) is 0 Å². The molecule has 4 nitrogen and oxygen atoms in total. The third-order valence-electron chi connectivity index (χ3n) is 1.23. The van der Waals surface area contributed by atoms with Gasteiger partial charge in [0.25, 0.3) is 5.95 Å². The molecule has 0 atom stereocenters. The summed E-state index contributed by atoms with van der Waals surface area (Å²) in [7, 11) is 0. The van der Waals surface area contributed by atoms with Crippen LogP contribution in [0.3, 0.4) is 0 Å². The van der Waals surface area contributed by atoms with Crippen molar-refractivity contribution >= 4 is 11.2 Å². The van der Waals surface area contributed by atoms with Crippen LogP contribution in [0.15, 0.2) is 12.7 Å². The molecular weight excluding hydrogens is 135 g/mol. The van der Waals surface area contributed by atoms with Crippen molar-refractivity contribution in [3.05, 3.63) is 18.6 Å². The average molecular weight is 139 g/mol. The Morgan fingerprint density at radius 3 is 3.20 bits per heavy atom.